The van der Waals surface area contributed by atoms with Crippen LogP contribution in [0.2, 0.25) is 6.82 Å². The highest BCUT2D eigenvalue weighted by Crippen LogP contribution is 2.12. The Hall–Kier alpha value is -0.595. The van der Waals surface area contributed by atoms with Crippen LogP contribution in [0.25, 0.3) is 0 Å². The van der Waals surface area contributed by atoms with Crippen LogP contribution in [0.5, 0.6) is 0 Å². The van der Waals surface area contributed by atoms with E-state index in [1.54, 1.807) is 0 Å². The van der Waals surface area contributed by atoms with Gasteiger partial charge in [-0.1, -0.05) is 6.82 Å². The molecule has 7 heteroatoms. The van der Waals surface area contributed by atoms with E-state index in [0.717, 1.165) is 0 Å². The van der Waals surface area contributed by atoms with Gasteiger partial charge in [0.25, 0.3) is 0 Å². The largest absolute Gasteiger partial charge is 0.394 e. The van der Waals surface area contributed by atoms with Crippen molar-refractivity contribution in [1.82, 2.24) is 9.97 Å². The molecule has 0 radical (unpaired) electrons. The van der Waals surface area contributed by atoms with E-state index in [0.29, 0.717) is 16.7 Å². The van der Waals surface area contributed by atoms with Gasteiger partial charge in [0.05, 0.1) is 0 Å². The maximum atomic E-state index is 10.3. The summed E-state index contributed by atoms with van der Waals surface area (Å²) < 4.78 is 0.490. The maximum Gasteiger partial charge on any atom is 0.394 e. The summed E-state index contributed by atoms with van der Waals surface area (Å²) >= 11 is 1.86. The lowest BCUT2D eigenvalue weighted by atomic mass is 9.82. The molecule has 0 aliphatic heterocycles. The predicted molar refractivity (Wildman–Crippen MR) is 50.6 cm³/mol. The van der Waals surface area contributed by atoms with Crippen LogP contribution in [0.1, 0.15) is 0 Å². The number of aromatic amines is 1. The number of nitrogens with zero attached hydrogens (tertiary/aromatic N) is 2. The van der Waals surface area contributed by atoms with Crippen molar-refractivity contribution in [3.63, 3.8) is 0 Å². The summed E-state index contributed by atoms with van der Waals surface area (Å²) in [4.78, 5) is 16.4. The van der Waals surface area contributed by atoms with Crippen LogP contribution in [0, 0.1) is 13.8 Å². The van der Waals surface area contributed by atoms with E-state index in [1.165, 1.54) is 0 Å². The van der Waals surface area contributed by atoms with Gasteiger partial charge in [-0.3, -0.25) is 0 Å². The van der Waals surface area contributed by atoms with Gasteiger partial charge in [0.2, 0.25) is 7.28 Å². The van der Waals surface area contributed by atoms with E-state index in [2.05, 4.69) is 9.97 Å². The normalized spacial score (nSPS) is 9.64. The molecule has 1 aromatic heterocycles. The molecule has 1 aromatic rings. The average Bonchev–Trinajstić information content (AvgIpc) is 2.30. The fourth-order valence-electron chi connectivity index (χ4n) is 0.676. The first-order chi connectivity index (χ1) is 5.15. The van der Waals surface area contributed by atoms with Gasteiger partial charge >= 0.3 is 5.82 Å². The van der Waals surface area contributed by atoms with Gasteiger partial charge < -0.3 is 15.1 Å². The van der Waals surface area contributed by atoms with Gasteiger partial charge in [-0.25, -0.2) is 0 Å². The summed E-state index contributed by atoms with van der Waals surface area (Å²) in [5.41, 5.74) is 0.654. The van der Waals surface area contributed by atoms with Crippen LogP contribution in [0.15, 0.2) is 0 Å². The Morgan fingerprint density at radius 3 is 2.73 bits per heavy atom. The molecular formula is C4H5BIN3O2. The summed E-state index contributed by atoms with van der Waals surface area (Å²) in [6.45, 7) is 1.89. The minimum absolute atomic E-state index is 0.0811. The van der Waals surface area contributed by atoms with Crippen LogP contribution in [-0.2, 0) is 0 Å². The molecule has 0 saturated carbocycles. The first-order valence-corrected chi connectivity index (χ1v) is 4.11. The molecule has 0 aliphatic rings. The van der Waals surface area contributed by atoms with Gasteiger partial charge in [-0.15, -0.1) is 0 Å². The van der Waals surface area contributed by atoms with Crippen molar-refractivity contribution >= 4 is 41.4 Å². The van der Waals surface area contributed by atoms with Crippen molar-refractivity contribution < 1.29 is 4.92 Å². The number of imidazole rings is 1. The highest BCUT2D eigenvalue weighted by molar-refractivity contribution is 14.1. The first-order valence-electron chi connectivity index (χ1n) is 3.04. The summed E-state index contributed by atoms with van der Waals surface area (Å²) in [6.07, 6.45) is 0. The minimum atomic E-state index is -0.489. The molecule has 0 amide bonds. The first kappa shape index (κ1) is 8.50. The summed E-state index contributed by atoms with van der Waals surface area (Å²) in [6, 6.07) is 0. The number of nitrogens with one attached hydrogen (secondary N) is 1. The van der Waals surface area contributed by atoms with Gasteiger partial charge in [-0.05, 0) is 32.5 Å². The molecule has 0 saturated heterocycles. The lowest BCUT2D eigenvalue weighted by Crippen LogP contribution is -2.14. The fraction of sp³-hybridized carbons (Fsp3) is 0.250. The second-order valence-corrected chi connectivity index (χ2v) is 3.01. The maximum absolute atomic E-state index is 10.3. The molecule has 1 heterocycles. The predicted octanol–water partition coefficient (Wildman–Crippen LogP) is 0.0324. The molecular weight excluding hydrogens is 260 g/mol. The van der Waals surface area contributed by atoms with Gasteiger partial charge in [0, 0.05) is 0 Å². The second kappa shape index (κ2) is 3.20. The Kier molecular flexibility index (Phi) is 2.47. The molecule has 58 valence electrons. The number of rotatable bonds is 2. The molecule has 0 bridgehead atoms. The number of halogens is 1. The molecule has 1 N–H and O–H groups in total. The summed E-state index contributed by atoms with van der Waals surface area (Å²) in [5.74, 6) is -0.0811. The number of aromatic nitrogens is 2. The topological polar surface area (TPSA) is 71.8 Å². The highest BCUT2D eigenvalue weighted by Gasteiger charge is 2.18. The van der Waals surface area contributed by atoms with Crippen molar-refractivity contribution in [3.8, 4) is 0 Å². The molecule has 0 unspecified atom stereocenters. The van der Waals surface area contributed by atoms with E-state index in [9.17, 15) is 10.1 Å². The van der Waals surface area contributed by atoms with E-state index in [1.807, 2.05) is 29.4 Å². The van der Waals surface area contributed by atoms with E-state index in [-0.39, 0.29) is 5.82 Å². The average molecular weight is 265 g/mol. The van der Waals surface area contributed by atoms with E-state index < -0.39 is 4.92 Å². The van der Waals surface area contributed by atoms with E-state index in [4.69, 9.17) is 0 Å². The number of H-pyrrole nitrogens is 1. The van der Waals surface area contributed by atoms with E-state index >= 15 is 0 Å². The highest BCUT2D eigenvalue weighted by atomic mass is 127. The van der Waals surface area contributed by atoms with Crippen molar-refractivity contribution in [2.24, 2.45) is 0 Å². The van der Waals surface area contributed by atoms with Crippen LogP contribution >= 0.6 is 22.6 Å². The third-order valence-electron chi connectivity index (χ3n) is 1.20. The zero-order valence-corrected chi connectivity index (χ0v) is 7.95. The van der Waals surface area contributed by atoms with Crippen molar-refractivity contribution in [3.05, 3.63) is 13.8 Å². The molecule has 0 atom stereocenters. The summed E-state index contributed by atoms with van der Waals surface area (Å²) in [7, 11) is 0.684. The molecule has 5 nitrogen and oxygen atoms in total. The molecule has 11 heavy (non-hydrogen) atoms. The smallest absolute Gasteiger partial charge is 0.358 e. The Labute approximate surface area is 77.1 Å². The third kappa shape index (κ3) is 1.70. The van der Waals surface area contributed by atoms with Crippen LogP contribution < -0.4 is 5.72 Å². The zero-order valence-electron chi connectivity index (χ0n) is 5.80. The minimum Gasteiger partial charge on any atom is -0.358 e. The number of hydrogen-bond acceptors (Lipinski definition) is 3. The van der Waals surface area contributed by atoms with Crippen LogP contribution in [0.4, 0.5) is 5.82 Å². The zero-order chi connectivity index (χ0) is 8.43. The molecule has 0 aliphatic carbocycles. The monoisotopic (exact) mass is 265 g/mol. The number of nitro groups is 1. The quantitative estimate of drug-likeness (QED) is 0.355. The Balaban J connectivity index is 3.07. The Morgan fingerprint density at radius 2 is 2.45 bits per heavy atom. The molecule has 0 fully saturated rings. The summed E-state index contributed by atoms with van der Waals surface area (Å²) in [5, 5.41) is 10.3. The van der Waals surface area contributed by atoms with Gasteiger partial charge in [0.15, 0.2) is 9.42 Å². The molecule has 0 spiro atoms. The molecule has 0 aromatic carbocycles. The second-order valence-electron chi connectivity index (χ2n) is 1.93. The van der Waals surface area contributed by atoms with Crippen molar-refractivity contribution in [1.29, 1.82) is 0 Å². The number of hydrogen-bond donors (Lipinski definition) is 1. The van der Waals surface area contributed by atoms with Gasteiger partial charge in [0.1, 0.15) is 0 Å². The lowest BCUT2D eigenvalue weighted by Gasteiger charge is -1.84. The van der Waals surface area contributed by atoms with Crippen LogP contribution in [0.3, 0.4) is 0 Å². The van der Waals surface area contributed by atoms with Crippen molar-refractivity contribution in [2.75, 3.05) is 0 Å². The SMILES string of the molecule is CBc1nc([N+](=O)[O-])c(I)[nH]1. The Bertz CT molecular complexity index is 287. The lowest BCUT2D eigenvalue weighted by molar-refractivity contribution is -0.390. The Morgan fingerprint density at radius 1 is 1.82 bits per heavy atom. The van der Waals surface area contributed by atoms with Crippen molar-refractivity contribution in [2.45, 2.75) is 6.82 Å². The molecule has 1 rings (SSSR count). The van der Waals surface area contributed by atoms with Gasteiger partial charge in [-0.2, -0.15) is 0 Å². The standard InChI is InChI=1S/C4H5BIN3O2/c1-5-4-7-2(6)3(8-4)9(10)11/h5H,1H3,(H,7,8). The van der Waals surface area contributed by atoms with Crippen LogP contribution in [-0.4, -0.2) is 22.2 Å². The fourth-order valence-corrected chi connectivity index (χ4v) is 1.30. The third-order valence-corrected chi connectivity index (χ3v) is 1.95.